The van der Waals surface area contributed by atoms with Gasteiger partial charge in [-0.15, -0.1) is 0 Å². The standard InChI is InChI=1S/C27H41N3O6S/c1-24(2,3)14-27(10,11)29-19-17(22(33)36-26(7,8)9)15(21(32)35-25(4,5)6)16-18(34-19)28-23-30(20(16)31)12-13-37-23/h15,29H,12-14H2,1-11H3. The van der Waals surface area contributed by atoms with Crippen molar-refractivity contribution < 1.29 is 23.8 Å². The minimum Gasteiger partial charge on any atom is -0.459 e. The molecule has 2 aliphatic heterocycles. The van der Waals surface area contributed by atoms with Gasteiger partial charge in [0, 0.05) is 17.8 Å². The first-order valence-electron chi connectivity index (χ1n) is 12.6. The number of hydrogen-bond donors (Lipinski definition) is 1. The maximum atomic E-state index is 13.7. The smallest absolute Gasteiger partial charge is 0.341 e. The molecule has 1 aromatic heterocycles. The molecule has 10 heteroatoms. The molecule has 0 amide bonds. The number of ether oxygens (including phenoxy) is 3. The van der Waals surface area contributed by atoms with Crippen molar-refractivity contribution in [1.29, 1.82) is 0 Å². The maximum Gasteiger partial charge on any atom is 0.341 e. The lowest BCUT2D eigenvalue weighted by Gasteiger charge is -2.37. The fraction of sp³-hybridized carbons (Fsp3) is 0.704. The van der Waals surface area contributed by atoms with E-state index in [9.17, 15) is 14.4 Å². The van der Waals surface area contributed by atoms with Gasteiger partial charge in [-0.2, -0.15) is 4.98 Å². The molecule has 1 N–H and O–H groups in total. The van der Waals surface area contributed by atoms with Crippen LogP contribution in [0, 0.1) is 5.41 Å². The van der Waals surface area contributed by atoms with Gasteiger partial charge >= 0.3 is 11.9 Å². The molecule has 1 unspecified atom stereocenters. The zero-order valence-corrected chi connectivity index (χ0v) is 24.8. The number of aromatic nitrogens is 2. The Bertz CT molecular complexity index is 1180. The minimum atomic E-state index is -1.37. The Morgan fingerprint density at radius 3 is 2.16 bits per heavy atom. The second-order valence-electron chi connectivity index (χ2n) is 13.5. The number of carbonyl (C=O) groups excluding carboxylic acids is 2. The molecule has 0 aliphatic carbocycles. The molecule has 0 bridgehead atoms. The highest BCUT2D eigenvalue weighted by Crippen LogP contribution is 2.41. The Balaban J connectivity index is 2.27. The Morgan fingerprint density at radius 2 is 1.62 bits per heavy atom. The second kappa shape index (κ2) is 9.67. The summed E-state index contributed by atoms with van der Waals surface area (Å²) in [6, 6.07) is 0. The van der Waals surface area contributed by atoms with Crippen LogP contribution in [0.2, 0.25) is 0 Å². The van der Waals surface area contributed by atoms with Crippen LogP contribution in [-0.2, 0) is 25.6 Å². The molecule has 0 radical (unpaired) electrons. The number of fused-ring (bicyclic) bond motifs is 2. The normalized spacial score (nSPS) is 18.1. The molecule has 9 nitrogen and oxygen atoms in total. The summed E-state index contributed by atoms with van der Waals surface area (Å²) < 4.78 is 19.1. The number of carbonyl (C=O) groups is 2. The zero-order chi connectivity index (χ0) is 28.1. The van der Waals surface area contributed by atoms with Crippen molar-refractivity contribution >= 4 is 23.7 Å². The van der Waals surface area contributed by atoms with Crippen molar-refractivity contribution in [1.82, 2.24) is 14.9 Å². The number of nitrogens with one attached hydrogen (secondary N) is 1. The van der Waals surface area contributed by atoms with Crippen molar-refractivity contribution in [3.05, 3.63) is 27.4 Å². The van der Waals surface area contributed by atoms with Crippen LogP contribution in [0.15, 0.2) is 21.4 Å². The van der Waals surface area contributed by atoms with Crippen molar-refractivity contribution in [3.8, 4) is 5.88 Å². The fourth-order valence-electron chi connectivity index (χ4n) is 4.73. The van der Waals surface area contributed by atoms with Crippen LogP contribution in [0.4, 0.5) is 0 Å². The van der Waals surface area contributed by atoms with Crippen LogP contribution < -0.4 is 15.6 Å². The van der Waals surface area contributed by atoms with Gasteiger partial charge in [0.25, 0.3) is 5.56 Å². The van der Waals surface area contributed by atoms with Crippen molar-refractivity contribution in [2.24, 2.45) is 5.41 Å². The number of nitrogens with zero attached hydrogens (tertiary/aromatic N) is 2. The third kappa shape index (κ3) is 7.09. The lowest BCUT2D eigenvalue weighted by atomic mass is 9.81. The Labute approximate surface area is 223 Å². The zero-order valence-electron chi connectivity index (χ0n) is 24.0. The quantitative estimate of drug-likeness (QED) is 0.430. The van der Waals surface area contributed by atoms with Gasteiger partial charge in [0.05, 0.1) is 5.56 Å². The van der Waals surface area contributed by atoms with Crippen LogP contribution >= 0.6 is 11.8 Å². The highest BCUT2D eigenvalue weighted by molar-refractivity contribution is 7.99. The molecular weight excluding hydrogens is 494 g/mol. The van der Waals surface area contributed by atoms with Gasteiger partial charge in [0.2, 0.25) is 11.8 Å². The van der Waals surface area contributed by atoms with Crippen molar-refractivity contribution in [3.63, 3.8) is 0 Å². The van der Waals surface area contributed by atoms with E-state index in [2.05, 4.69) is 31.1 Å². The van der Waals surface area contributed by atoms with Gasteiger partial charge in [-0.05, 0) is 67.2 Å². The predicted octanol–water partition coefficient (Wildman–Crippen LogP) is 4.52. The number of thioether (sulfide) groups is 1. The summed E-state index contributed by atoms with van der Waals surface area (Å²) in [5.41, 5.74) is -2.83. The molecule has 1 aromatic rings. The SMILES string of the molecule is CC(C)(C)CC(C)(C)NC1=C(C(=O)OC(C)(C)C)C(C(=O)OC(C)(C)C)c2c(nc3n(c2=O)CCS3)O1. The molecule has 0 saturated carbocycles. The third-order valence-corrected chi connectivity index (χ3v) is 6.34. The summed E-state index contributed by atoms with van der Waals surface area (Å²) in [7, 11) is 0. The lowest BCUT2D eigenvalue weighted by molar-refractivity contribution is -0.160. The Hall–Kier alpha value is -2.49. The largest absolute Gasteiger partial charge is 0.459 e. The first-order valence-corrected chi connectivity index (χ1v) is 13.6. The van der Waals surface area contributed by atoms with Gasteiger partial charge in [-0.3, -0.25) is 14.2 Å². The molecule has 3 rings (SSSR count). The number of rotatable bonds is 5. The van der Waals surface area contributed by atoms with Crippen LogP contribution in [0.1, 0.15) is 94.1 Å². The summed E-state index contributed by atoms with van der Waals surface area (Å²) in [5, 5.41) is 3.85. The second-order valence-corrected chi connectivity index (χ2v) is 14.5. The number of esters is 2. The topological polar surface area (TPSA) is 109 Å². The van der Waals surface area contributed by atoms with Crippen LogP contribution in [0.5, 0.6) is 5.88 Å². The third-order valence-electron chi connectivity index (χ3n) is 5.39. The molecule has 1 atom stereocenters. The number of hydrogen-bond acceptors (Lipinski definition) is 9. The lowest BCUT2D eigenvalue weighted by Crippen LogP contribution is -2.47. The van der Waals surface area contributed by atoms with E-state index in [0.29, 0.717) is 23.9 Å². The Morgan fingerprint density at radius 1 is 1.03 bits per heavy atom. The van der Waals surface area contributed by atoms with Crippen LogP contribution in [0.3, 0.4) is 0 Å². The van der Waals surface area contributed by atoms with Crippen LogP contribution in [0.25, 0.3) is 0 Å². The van der Waals surface area contributed by atoms with E-state index < -0.39 is 40.2 Å². The molecule has 37 heavy (non-hydrogen) atoms. The fourth-order valence-corrected chi connectivity index (χ4v) is 5.66. The van der Waals surface area contributed by atoms with E-state index in [1.54, 1.807) is 41.5 Å². The summed E-state index contributed by atoms with van der Waals surface area (Å²) in [6.45, 7) is 21.2. The van der Waals surface area contributed by atoms with Gasteiger partial charge in [-0.25, -0.2) is 4.79 Å². The van der Waals surface area contributed by atoms with Gasteiger partial charge in [0.1, 0.15) is 22.7 Å². The average Bonchev–Trinajstić information content (AvgIpc) is 3.10. The van der Waals surface area contributed by atoms with E-state index >= 15 is 0 Å². The van der Waals surface area contributed by atoms with Gasteiger partial charge in [0.15, 0.2) is 5.16 Å². The highest BCUT2D eigenvalue weighted by atomic mass is 32.2. The average molecular weight is 536 g/mol. The van der Waals surface area contributed by atoms with E-state index in [1.807, 2.05) is 13.8 Å². The highest BCUT2D eigenvalue weighted by Gasteiger charge is 2.47. The first kappa shape index (κ1) is 29.1. The van der Waals surface area contributed by atoms with Gasteiger partial charge in [-0.1, -0.05) is 32.5 Å². The molecule has 2 aliphatic rings. The van der Waals surface area contributed by atoms with E-state index in [0.717, 1.165) is 0 Å². The Kier molecular flexibility index (Phi) is 7.60. The van der Waals surface area contributed by atoms with Gasteiger partial charge < -0.3 is 19.5 Å². The van der Waals surface area contributed by atoms with Crippen LogP contribution in [-0.4, -0.2) is 44.0 Å². The summed E-state index contributed by atoms with van der Waals surface area (Å²) in [6.07, 6.45) is 0.717. The molecule has 3 heterocycles. The molecule has 0 spiro atoms. The van der Waals surface area contributed by atoms with E-state index in [4.69, 9.17) is 14.2 Å². The van der Waals surface area contributed by atoms with E-state index in [-0.39, 0.29) is 28.3 Å². The van der Waals surface area contributed by atoms with Crippen molar-refractivity contribution in [2.75, 3.05) is 5.75 Å². The summed E-state index contributed by atoms with van der Waals surface area (Å²) >= 11 is 1.44. The molecular formula is C27H41N3O6S. The van der Waals surface area contributed by atoms with E-state index in [1.165, 1.54) is 16.3 Å². The summed E-state index contributed by atoms with van der Waals surface area (Å²) in [4.78, 5) is 45.6. The minimum absolute atomic E-state index is 0.00266. The molecule has 0 fully saturated rings. The predicted molar refractivity (Wildman–Crippen MR) is 143 cm³/mol. The van der Waals surface area contributed by atoms with Crippen molar-refractivity contribution in [2.45, 2.75) is 117 Å². The first-order chi connectivity index (χ1) is 16.7. The molecule has 0 aromatic carbocycles. The molecule has 0 saturated heterocycles. The molecule has 206 valence electrons. The maximum absolute atomic E-state index is 13.7. The summed E-state index contributed by atoms with van der Waals surface area (Å²) in [5.74, 6) is -2.14. The monoisotopic (exact) mass is 535 g/mol.